The van der Waals surface area contributed by atoms with Crippen molar-refractivity contribution in [2.45, 2.75) is 96.8 Å². The minimum Gasteiger partial charge on any atom is -0.294 e. The molecule has 1 rings (SSSR count). The molecule has 0 heterocycles. The van der Waals surface area contributed by atoms with E-state index in [2.05, 4.69) is 31.7 Å². The van der Waals surface area contributed by atoms with E-state index in [4.69, 9.17) is 0 Å². The van der Waals surface area contributed by atoms with E-state index < -0.39 is 0 Å². The highest BCUT2D eigenvalue weighted by Crippen LogP contribution is 2.14. The molecule has 0 aromatic heterocycles. The van der Waals surface area contributed by atoms with Crippen LogP contribution in [0.15, 0.2) is 24.3 Å². The van der Waals surface area contributed by atoms with Gasteiger partial charge in [0.2, 0.25) is 0 Å². The second-order valence-corrected chi connectivity index (χ2v) is 7.68. The molecule has 1 nitrogen and oxygen atoms in total. The lowest BCUT2D eigenvalue weighted by atomic mass is 10.0. The van der Waals surface area contributed by atoms with E-state index >= 15 is 0 Å². The highest BCUT2D eigenvalue weighted by atomic mass is 32.1. The standard InChI is InChI=1S/C23H38OS/c1-2-3-11-15-23(24)22-18-16-21(17-19-22)14-12-9-7-5-4-6-8-10-13-20-25/h16-19,25H,2-15,20H2,1H3. The number of hydrogen-bond acceptors (Lipinski definition) is 2. The van der Waals surface area contributed by atoms with Gasteiger partial charge in [0.15, 0.2) is 5.78 Å². The van der Waals surface area contributed by atoms with Gasteiger partial charge < -0.3 is 0 Å². The Bertz CT molecular complexity index is 438. The minimum atomic E-state index is 0.300. The van der Waals surface area contributed by atoms with Crippen LogP contribution in [0.2, 0.25) is 0 Å². The van der Waals surface area contributed by atoms with Crippen LogP contribution >= 0.6 is 12.6 Å². The van der Waals surface area contributed by atoms with Crippen LogP contribution in [-0.4, -0.2) is 11.5 Å². The fraction of sp³-hybridized carbons (Fsp3) is 0.696. The van der Waals surface area contributed by atoms with Crippen LogP contribution in [-0.2, 0) is 6.42 Å². The second-order valence-electron chi connectivity index (χ2n) is 7.23. The molecule has 0 saturated heterocycles. The van der Waals surface area contributed by atoms with Gasteiger partial charge in [0.05, 0.1) is 0 Å². The van der Waals surface area contributed by atoms with Crippen LogP contribution in [0.1, 0.15) is 106 Å². The Morgan fingerprint density at radius 2 is 1.32 bits per heavy atom. The molecular weight excluding hydrogens is 324 g/mol. The van der Waals surface area contributed by atoms with E-state index in [-0.39, 0.29) is 0 Å². The molecule has 0 unspecified atom stereocenters. The topological polar surface area (TPSA) is 17.1 Å². The molecule has 25 heavy (non-hydrogen) atoms. The number of hydrogen-bond donors (Lipinski definition) is 1. The maximum absolute atomic E-state index is 12.1. The van der Waals surface area contributed by atoms with E-state index in [0.29, 0.717) is 12.2 Å². The van der Waals surface area contributed by atoms with Crippen molar-refractivity contribution in [3.05, 3.63) is 35.4 Å². The van der Waals surface area contributed by atoms with Crippen molar-refractivity contribution in [3.8, 4) is 0 Å². The van der Waals surface area contributed by atoms with Gasteiger partial charge in [0, 0.05) is 12.0 Å². The fourth-order valence-corrected chi connectivity index (χ4v) is 3.44. The van der Waals surface area contributed by atoms with Crippen LogP contribution < -0.4 is 0 Å². The highest BCUT2D eigenvalue weighted by Gasteiger charge is 2.05. The van der Waals surface area contributed by atoms with Gasteiger partial charge in [-0.05, 0) is 37.0 Å². The first-order chi connectivity index (χ1) is 12.3. The molecule has 1 aromatic rings. The smallest absolute Gasteiger partial charge is 0.162 e. The Morgan fingerprint density at radius 1 is 0.760 bits per heavy atom. The molecule has 2 heteroatoms. The average molecular weight is 363 g/mol. The number of unbranched alkanes of at least 4 members (excludes halogenated alkanes) is 10. The summed E-state index contributed by atoms with van der Waals surface area (Å²) >= 11 is 4.25. The van der Waals surface area contributed by atoms with Crippen LogP contribution in [0.3, 0.4) is 0 Å². The van der Waals surface area contributed by atoms with Gasteiger partial charge in [-0.1, -0.05) is 89.0 Å². The van der Waals surface area contributed by atoms with Crippen LogP contribution in [0.5, 0.6) is 0 Å². The molecular formula is C23H38OS. The number of aryl methyl sites for hydroxylation is 1. The number of benzene rings is 1. The Kier molecular flexibility index (Phi) is 13.8. The number of thiol groups is 1. The summed E-state index contributed by atoms with van der Waals surface area (Å²) in [6, 6.07) is 8.34. The summed E-state index contributed by atoms with van der Waals surface area (Å²) in [5.41, 5.74) is 2.26. The van der Waals surface area contributed by atoms with Crippen molar-refractivity contribution in [1.29, 1.82) is 0 Å². The summed E-state index contributed by atoms with van der Waals surface area (Å²) in [6.07, 6.45) is 17.3. The van der Waals surface area contributed by atoms with Gasteiger partial charge >= 0.3 is 0 Å². The highest BCUT2D eigenvalue weighted by molar-refractivity contribution is 7.80. The van der Waals surface area contributed by atoms with Crippen LogP contribution in [0, 0.1) is 0 Å². The van der Waals surface area contributed by atoms with Gasteiger partial charge in [0.1, 0.15) is 0 Å². The summed E-state index contributed by atoms with van der Waals surface area (Å²) in [4.78, 5) is 12.1. The molecule has 0 N–H and O–H groups in total. The van der Waals surface area contributed by atoms with Crippen molar-refractivity contribution in [2.75, 3.05) is 5.75 Å². The summed E-state index contributed by atoms with van der Waals surface area (Å²) < 4.78 is 0. The number of carbonyl (C=O) groups excluding carboxylic acids is 1. The summed E-state index contributed by atoms with van der Waals surface area (Å²) in [6.45, 7) is 2.17. The summed E-state index contributed by atoms with van der Waals surface area (Å²) in [7, 11) is 0. The molecule has 0 amide bonds. The molecule has 0 aliphatic carbocycles. The lowest BCUT2D eigenvalue weighted by Crippen LogP contribution is -1.99. The fourth-order valence-electron chi connectivity index (χ4n) is 3.22. The zero-order chi connectivity index (χ0) is 18.2. The number of carbonyl (C=O) groups is 1. The van der Waals surface area contributed by atoms with E-state index in [9.17, 15) is 4.79 Å². The van der Waals surface area contributed by atoms with Crippen molar-refractivity contribution in [1.82, 2.24) is 0 Å². The van der Waals surface area contributed by atoms with E-state index in [1.165, 1.54) is 69.8 Å². The SMILES string of the molecule is CCCCCC(=O)c1ccc(CCCCCCCCCCCS)cc1. The van der Waals surface area contributed by atoms with Crippen molar-refractivity contribution < 1.29 is 4.79 Å². The quantitative estimate of drug-likeness (QED) is 0.184. The van der Waals surface area contributed by atoms with E-state index in [1.54, 1.807) is 0 Å². The Morgan fingerprint density at radius 3 is 1.88 bits per heavy atom. The zero-order valence-corrected chi connectivity index (χ0v) is 17.2. The molecule has 0 bridgehead atoms. The first-order valence-corrected chi connectivity index (χ1v) is 11.1. The van der Waals surface area contributed by atoms with Gasteiger partial charge in [-0.25, -0.2) is 0 Å². The van der Waals surface area contributed by atoms with Gasteiger partial charge in [-0.2, -0.15) is 12.6 Å². The number of Topliss-reactive ketones (excluding diaryl/α,β-unsaturated/α-hetero) is 1. The first kappa shape index (κ1) is 22.3. The number of rotatable bonds is 16. The predicted octanol–water partition coefficient (Wildman–Crippen LogP) is 7.43. The van der Waals surface area contributed by atoms with Crippen LogP contribution in [0.4, 0.5) is 0 Å². The molecule has 0 aliphatic rings. The van der Waals surface area contributed by atoms with Crippen molar-refractivity contribution in [2.24, 2.45) is 0 Å². The first-order valence-electron chi connectivity index (χ1n) is 10.5. The number of ketones is 1. The molecule has 1 aromatic carbocycles. The lowest BCUT2D eigenvalue weighted by molar-refractivity contribution is 0.0979. The maximum Gasteiger partial charge on any atom is 0.162 e. The van der Waals surface area contributed by atoms with Crippen LogP contribution in [0.25, 0.3) is 0 Å². The third kappa shape index (κ3) is 11.5. The second kappa shape index (κ2) is 15.5. The Hall–Kier alpha value is -0.760. The summed E-state index contributed by atoms with van der Waals surface area (Å²) in [5.74, 6) is 1.34. The molecule has 0 aliphatic heterocycles. The zero-order valence-electron chi connectivity index (χ0n) is 16.3. The van der Waals surface area contributed by atoms with Crippen molar-refractivity contribution in [3.63, 3.8) is 0 Å². The van der Waals surface area contributed by atoms with Gasteiger partial charge in [-0.3, -0.25) is 4.79 Å². The molecule has 0 saturated carbocycles. The predicted molar refractivity (Wildman–Crippen MR) is 114 cm³/mol. The average Bonchev–Trinajstić information content (AvgIpc) is 2.64. The maximum atomic E-state index is 12.1. The third-order valence-corrected chi connectivity index (χ3v) is 5.22. The minimum absolute atomic E-state index is 0.300. The van der Waals surface area contributed by atoms with E-state index in [0.717, 1.165) is 30.6 Å². The van der Waals surface area contributed by atoms with Gasteiger partial charge in [0.25, 0.3) is 0 Å². The molecule has 0 fully saturated rings. The largest absolute Gasteiger partial charge is 0.294 e. The van der Waals surface area contributed by atoms with Crippen molar-refractivity contribution >= 4 is 18.4 Å². The monoisotopic (exact) mass is 362 g/mol. The normalized spacial score (nSPS) is 11.0. The molecule has 142 valence electrons. The third-order valence-electron chi connectivity index (χ3n) is 4.91. The molecule has 0 atom stereocenters. The van der Waals surface area contributed by atoms with Gasteiger partial charge in [-0.15, -0.1) is 0 Å². The lowest BCUT2D eigenvalue weighted by Gasteiger charge is -2.05. The van der Waals surface area contributed by atoms with E-state index in [1.807, 2.05) is 12.1 Å². The summed E-state index contributed by atoms with van der Waals surface area (Å²) in [5, 5.41) is 0. The Balaban J connectivity index is 2.06. The molecule has 0 spiro atoms. The molecule has 0 radical (unpaired) electrons. The Labute approximate surface area is 161 Å².